The van der Waals surface area contributed by atoms with Gasteiger partial charge in [0.05, 0.1) is 0 Å². The summed E-state index contributed by atoms with van der Waals surface area (Å²) < 4.78 is 2.35. The van der Waals surface area contributed by atoms with Gasteiger partial charge >= 0.3 is 0 Å². The molecule has 1 aliphatic carbocycles. The van der Waals surface area contributed by atoms with Gasteiger partial charge in [-0.15, -0.1) is 0 Å². The molecule has 114 valence electrons. The number of likely N-dealkylation sites (N-methyl/N-ethyl adjacent to an activating group) is 1. The molecule has 1 saturated carbocycles. The van der Waals surface area contributed by atoms with E-state index in [1.165, 1.54) is 32.1 Å². The van der Waals surface area contributed by atoms with Crippen molar-refractivity contribution in [2.24, 2.45) is 5.92 Å². The fraction of sp³-hybridized carbons (Fsp3) is 0.812. The van der Waals surface area contributed by atoms with Crippen LogP contribution in [0.4, 0.5) is 5.95 Å². The molecule has 1 fully saturated rings. The van der Waals surface area contributed by atoms with Gasteiger partial charge in [-0.2, -0.15) is 0 Å². The Balaban J connectivity index is 2.08. The van der Waals surface area contributed by atoms with Crippen molar-refractivity contribution in [3.8, 4) is 0 Å². The summed E-state index contributed by atoms with van der Waals surface area (Å²) in [6.07, 6.45) is 10.5. The number of aromatic nitrogens is 2. The Morgan fingerprint density at radius 1 is 1.35 bits per heavy atom. The lowest BCUT2D eigenvalue weighted by atomic mass is 10.0. The van der Waals surface area contributed by atoms with Crippen LogP contribution in [-0.2, 0) is 0 Å². The van der Waals surface area contributed by atoms with E-state index in [1.54, 1.807) is 0 Å². The van der Waals surface area contributed by atoms with Crippen LogP contribution in [0.5, 0.6) is 0 Å². The SMILES string of the molecule is CC(C)CC(CN(C)C)n1ccnc1NC1CCCC1. The molecule has 2 rings (SSSR count). The summed E-state index contributed by atoms with van der Waals surface area (Å²) in [4.78, 5) is 6.82. The lowest BCUT2D eigenvalue weighted by Crippen LogP contribution is -2.27. The van der Waals surface area contributed by atoms with Gasteiger partial charge < -0.3 is 14.8 Å². The molecule has 4 nitrogen and oxygen atoms in total. The summed E-state index contributed by atoms with van der Waals surface area (Å²) in [6.45, 7) is 5.65. The van der Waals surface area contributed by atoms with Crippen molar-refractivity contribution in [2.75, 3.05) is 26.0 Å². The molecule has 0 aliphatic heterocycles. The first-order chi connectivity index (χ1) is 9.56. The van der Waals surface area contributed by atoms with Crippen LogP contribution in [0.25, 0.3) is 0 Å². The average molecular weight is 278 g/mol. The summed E-state index contributed by atoms with van der Waals surface area (Å²) in [7, 11) is 4.29. The Labute approximate surface area is 123 Å². The summed E-state index contributed by atoms with van der Waals surface area (Å²) in [5.74, 6) is 1.76. The Morgan fingerprint density at radius 2 is 2.05 bits per heavy atom. The lowest BCUT2D eigenvalue weighted by molar-refractivity contribution is 0.290. The van der Waals surface area contributed by atoms with Crippen LogP contribution in [0.2, 0.25) is 0 Å². The van der Waals surface area contributed by atoms with E-state index < -0.39 is 0 Å². The van der Waals surface area contributed by atoms with E-state index in [1.807, 2.05) is 6.20 Å². The molecule has 0 amide bonds. The minimum absolute atomic E-state index is 0.497. The maximum absolute atomic E-state index is 4.55. The van der Waals surface area contributed by atoms with Crippen LogP contribution in [0.15, 0.2) is 12.4 Å². The second kappa shape index (κ2) is 7.11. The number of hydrogen-bond donors (Lipinski definition) is 1. The van der Waals surface area contributed by atoms with Gasteiger partial charge in [0.2, 0.25) is 5.95 Å². The zero-order chi connectivity index (χ0) is 14.5. The molecule has 1 aromatic heterocycles. The predicted octanol–water partition coefficient (Wildman–Crippen LogP) is 3.39. The average Bonchev–Trinajstić information content (AvgIpc) is 2.98. The van der Waals surface area contributed by atoms with Gasteiger partial charge in [0.25, 0.3) is 0 Å². The Hall–Kier alpha value is -1.03. The third kappa shape index (κ3) is 4.23. The number of imidazole rings is 1. The Morgan fingerprint density at radius 3 is 2.65 bits per heavy atom. The fourth-order valence-corrected chi connectivity index (χ4v) is 3.21. The monoisotopic (exact) mass is 278 g/mol. The lowest BCUT2D eigenvalue weighted by Gasteiger charge is -2.26. The van der Waals surface area contributed by atoms with Crippen molar-refractivity contribution >= 4 is 5.95 Å². The van der Waals surface area contributed by atoms with E-state index in [0.29, 0.717) is 18.0 Å². The maximum Gasteiger partial charge on any atom is 0.203 e. The smallest absolute Gasteiger partial charge is 0.203 e. The minimum Gasteiger partial charge on any atom is -0.353 e. The second-order valence-corrected chi connectivity index (χ2v) is 6.83. The van der Waals surface area contributed by atoms with Crippen LogP contribution in [-0.4, -0.2) is 41.1 Å². The van der Waals surface area contributed by atoms with Crippen LogP contribution >= 0.6 is 0 Å². The summed E-state index contributed by atoms with van der Waals surface area (Å²) in [6, 6.07) is 1.12. The van der Waals surface area contributed by atoms with Gasteiger partial charge in [0.15, 0.2) is 0 Å². The zero-order valence-corrected chi connectivity index (χ0v) is 13.5. The maximum atomic E-state index is 4.55. The number of hydrogen-bond acceptors (Lipinski definition) is 3. The highest BCUT2D eigenvalue weighted by Gasteiger charge is 2.20. The van der Waals surface area contributed by atoms with Crippen LogP contribution in [0.3, 0.4) is 0 Å². The third-order valence-electron chi connectivity index (χ3n) is 4.07. The van der Waals surface area contributed by atoms with Gasteiger partial charge in [-0.1, -0.05) is 26.7 Å². The first kappa shape index (κ1) is 15.4. The molecule has 1 heterocycles. The van der Waals surface area contributed by atoms with E-state index in [4.69, 9.17) is 0 Å². The molecule has 0 radical (unpaired) electrons. The van der Waals surface area contributed by atoms with E-state index >= 15 is 0 Å². The van der Waals surface area contributed by atoms with Crippen molar-refractivity contribution in [1.29, 1.82) is 0 Å². The molecule has 0 saturated heterocycles. The van der Waals surface area contributed by atoms with Gasteiger partial charge in [-0.05, 0) is 39.3 Å². The second-order valence-electron chi connectivity index (χ2n) is 6.83. The van der Waals surface area contributed by atoms with Crippen LogP contribution in [0.1, 0.15) is 52.0 Å². The standard InChI is InChI=1S/C16H30N4/c1-13(2)11-15(12-19(3)4)20-10-9-17-16(20)18-14-7-5-6-8-14/h9-10,13-15H,5-8,11-12H2,1-4H3,(H,17,18). The molecule has 0 aromatic carbocycles. The topological polar surface area (TPSA) is 33.1 Å². The first-order valence-electron chi connectivity index (χ1n) is 8.00. The first-order valence-corrected chi connectivity index (χ1v) is 8.00. The highest BCUT2D eigenvalue weighted by atomic mass is 15.2. The summed E-state index contributed by atoms with van der Waals surface area (Å²) in [5.41, 5.74) is 0. The Kier molecular flexibility index (Phi) is 5.46. The molecule has 1 aliphatic rings. The molecule has 1 unspecified atom stereocenters. The number of nitrogens with one attached hydrogen (secondary N) is 1. The highest BCUT2D eigenvalue weighted by molar-refractivity contribution is 5.29. The molecule has 20 heavy (non-hydrogen) atoms. The van der Waals surface area contributed by atoms with E-state index in [9.17, 15) is 0 Å². The normalized spacial score (nSPS) is 18.1. The van der Waals surface area contributed by atoms with Gasteiger partial charge in [-0.25, -0.2) is 4.98 Å². The van der Waals surface area contributed by atoms with E-state index in [-0.39, 0.29) is 0 Å². The van der Waals surface area contributed by atoms with Crippen molar-refractivity contribution in [1.82, 2.24) is 14.5 Å². The summed E-state index contributed by atoms with van der Waals surface area (Å²) >= 11 is 0. The zero-order valence-electron chi connectivity index (χ0n) is 13.5. The summed E-state index contributed by atoms with van der Waals surface area (Å²) in [5, 5.41) is 3.65. The minimum atomic E-state index is 0.497. The van der Waals surface area contributed by atoms with Crippen LogP contribution in [0, 0.1) is 5.92 Å². The van der Waals surface area contributed by atoms with Crippen molar-refractivity contribution in [3.63, 3.8) is 0 Å². The van der Waals surface area contributed by atoms with E-state index in [0.717, 1.165) is 12.5 Å². The van der Waals surface area contributed by atoms with Gasteiger partial charge in [0, 0.05) is 31.0 Å². The number of rotatable bonds is 7. The molecule has 0 bridgehead atoms. The third-order valence-corrected chi connectivity index (χ3v) is 4.07. The number of nitrogens with zero attached hydrogens (tertiary/aromatic N) is 3. The van der Waals surface area contributed by atoms with Crippen molar-refractivity contribution in [2.45, 2.75) is 58.0 Å². The van der Waals surface area contributed by atoms with Crippen LogP contribution < -0.4 is 5.32 Å². The van der Waals surface area contributed by atoms with E-state index in [2.05, 4.69) is 53.9 Å². The predicted molar refractivity (Wildman–Crippen MR) is 85.2 cm³/mol. The molecule has 1 aromatic rings. The van der Waals surface area contributed by atoms with Crippen molar-refractivity contribution in [3.05, 3.63) is 12.4 Å². The Bertz CT molecular complexity index is 381. The van der Waals surface area contributed by atoms with Gasteiger partial charge in [0.1, 0.15) is 0 Å². The fourth-order valence-electron chi connectivity index (χ4n) is 3.21. The largest absolute Gasteiger partial charge is 0.353 e. The molecular formula is C16H30N4. The molecule has 4 heteroatoms. The molecule has 1 atom stereocenters. The van der Waals surface area contributed by atoms with Gasteiger partial charge in [-0.3, -0.25) is 0 Å². The number of anilines is 1. The highest BCUT2D eigenvalue weighted by Crippen LogP contribution is 2.25. The molecule has 1 N–H and O–H groups in total. The molecule has 0 spiro atoms. The molecular weight excluding hydrogens is 248 g/mol. The quantitative estimate of drug-likeness (QED) is 0.830. The van der Waals surface area contributed by atoms with Crippen molar-refractivity contribution < 1.29 is 0 Å².